The Kier molecular flexibility index (Phi) is 4.97. The number of halogens is 3. The Labute approximate surface area is 147 Å². The maximum Gasteiger partial charge on any atom is 0.393 e. The average Bonchev–Trinajstić information content (AvgIpc) is 2.63. The average molecular weight is 357 g/mol. The van der Waals surface area contributed by atoms with Crippen LogP contribution in [0.5, 0.6) is 0 Å². The van der Waals surface area contributed by atoms with Crippen molar-refractivity contribution in [1.29, 1.82) is 0 Å². The molecule has 0 atom stereocenters. The van der Waals surface area contributed by atoms with Gasteiger partial charge in [-0.05, 0) is 35.4 Å². The molecule has 0 radical (unpaired) electrons. The van der Waals surface area contributed by atoms with Crippen molar-refractivity contribution in [3.8, 4) is 11.1 Å². The largest absolute Gasteiger partial charge is 0.393 e. The molecule has 3 aromatic rings. The molecule has 4 nitrogen and oxygen atoms in total. The Hall–Kier alpha value is -3.22. The molecule has 0 aliphatic rings. The van der Waals surface area contributed by atoms with E-state index in [2.05, 4.69) is 15.3 Å². The van der Waals surface area contributed by atoms with E-state index in [1.54, 1.807) is 30.6 Å². The number of rotatable bonds is 4. The molecule has 26 heavy (non-hydrogen) atoms. The highest BCUT2D eigenvalue weighted by molar-refractivity contribution is 6.04. The van der Waals surface area contributed by atoms with E-state index in [1.165, 1.54) is 30.6 Å². The quantitative estimate of drug-likeness (QED) is 0.748. The molecule has 0 bridgehead atoms. The van der Waals surface area contributed by atoms with Crippen molar-refractivity contribution in [3.63, 3.8) is 0 Å². The fourth-order valence-electron chi connectivity index (χ4n) is 2.43. The standard InChI is InChI=1S/C19H14F3N3O/c20-19(21,22)9-13-4-6-17(7-5-13)25-18(26)15-3-1-2-14(8-15)16-10-23-12-24-11-16/h1-8,10-12H,9H2,(H,25,26). The second kappa shape index (κ2) is 7.35. The highest BCUT2D eigenvalue weighted by atomic mass is 19.4. The van der Waals surface area contributed by atoms with Crippen molar-refractivity contribution in [2.75, 3.05) is 5.32 Å². The van der Waals surface area contributed by atoms with Gasteiger partial charge < -0.3 is 5.32 Å². The Balaban J connectivity index is 1.72. The van der Waals surface area contributed by atoms with Gasteiger partial charge in [0.15, 0.2) is 0 Å². The SMILES string of the molecule is O=C(Nc1ccc(CC(F)(F)F)cc1)c1cccc(-c2cncnc2)c1. The van der Waals surface area contributed by atoms with Crippen LogP contribution in [0, 0.1) is 0 Å². The van der Waals surface area contributed by atoms with Crippen LogP contribution in [0.3, 0.4) is 0 Å². The molecular formula is C19H14F3N3O. The monoisotopic (exact) mass is 357 g/mol. The molecule has 132 valence electrons. The Morgan fingerprint density at radius 2 is 1.65 bits per heavy atom. The van der Waals surface area contributed by atoms with Gasteiger partial charge in [0.05, 0.1) is 6.42 Å². The lowest BCUT2D eigenvalue weighted by Crippen LogP contribution is -2.13. The highest BCUT2D eigenvalue weighted by Gasteiger charge is 2.27. The van der Waals surface area contributed by atoms with Crippen LogP contribution in [0.25, 0.3) is 11.1 Å². The van der Waals surface area contributed by atoms with Crippen LogP contribution in [0.1, 0.15) is 15.9 Å². The van der Waals surface area contributed by atoms with Gasteiger partial charge in [-0.3, -0.25) is 4.79 Å². The third-order valence-electron chi connectivity index (χ3n) is 3.64. The van der Waals surface area contributed by atoms with Crippen molar-refractivity contribution in [3.05, 3.63) is 78.4 Å². The molecule has 0 saturated heterocycles. The molecule has 0 aliphatic heterocycles. The highest BCUT2D eigenvalue weighted by Crippen LogP contribution is 2.23. The minimum absolute atomic E-state index is 0.140. The number of aromatic nitrogens is 2. The first kappa shape index (κ1) is 17.6. The molecule has 0 fully saturated rings. The van der Waals surface area contributed by atoms with Crippen LogP contribution in [0.15, 0.2) is 67.3 Å². The maximum absolute atomic E-state index is 12.4. The first-order valence-corrected chi connectivity index (χ1v) is 7.73. The van der Waals surface area contributed by atoms with Gasteiger partial charge in [0.2, 0.25) is 0 Å². The third kappa shape index (κ3) is 4.66. The summed E-state index contributed by atoms with van der Waals surface area (Å²) >= 11 is 0. The van der Waals surface area contributed by atoms with Crippen molar-refractivity contribution in [2.45, 2.75) is 12.6 Å². The number of amides is 1. The summed E-state index contributed by atoms with van der Waals surface area (Å²) in [4.78, 5) is 20.3. The zero-order valence-electron chi connectivity index (χ0n) is 13.5. The van der Waals surface area contributed by atoms with Crippen LogP contribution in [0.2, 0.25) is 0 Å². The zero-order chi connectivity index (χ0) is 18.6. The van der Waals surface area contributed by atoms with E-state index in [1.807, 2.05) is 6.07 Å². The fourth-order valence-corrected chi connectivity index (χ4v) is 2.43. The summed E-state index contributed by atoms with van der Waals surface area (Å²) < 4.78 is 37.1. The molecule has 0 aliphatic carbocycles. The number of benzene rings is 2. The summed E-state index contributed by atoms with van der Waals surface area (Å²) in [5.41, 5.74) is 2.55. The molecule has 2 aromatic carbocycles. The van der Waals surface area contributed by atoms with Crippen LogP contribution in [-0.2, 0) is 6.42 Å². The van der Waals surface area contributed by atoms with E-state index in [0.29, 0.717) is 11.3 Å². The van der Waals surface area contributed by atoms with Gasteiger partial charge in [0, 0.05) is 29.2 Å². The second-order valence-corrected chi connectivity index (χ2v) is 5.65. The molecule has 0 saturated carbocycles. The molecule has 1 amide bonds. The second-order valence-electron chi connectivity index (χ2n) is 5.65. The number of carbonyl (C=O) groups is 1. The third-order valence-corrected chi connectivity index (χ3v) is 3.64. The minimum atomic E-state index is -4.26. The van der Waals surface area contributed by atoms with Gasteiger partial charge in [-0.15, -0.1) is 0 Å². The number of nitrogens with one attached hydrogen (secondary N) is 1. The van der Waals surface area contributed by atoms with Gasteiger partial charge in [-0.25, -0.2) is 9.97 Å². The first-order valence-electron chi connectivity index (χ1n) is 7.73. The molecule has 3 rings (SSSR count). The van der Waals surface area contributed by atoms with Gasteiger partial charge in [-0.2, -0.15) is 13.2 Å². The van der Waals surface area contributed by atoms with E-state index in [-0.39, 0.29) is 11.5 Å². The molecule has 1 N–H and O–H groups in total. The minimum Gasteiger partial charge on any atom is -0.322 e. The predicted molar refractivity (Wildman–Crippen MR) is 91.6 cm³/mol. The summed E-state index contributed by atoms with van der Waals surface area (Å²) in [7, 11) is 0. The molecular weight excluding hydrogens is 343 g/mol. The lowest BCUT2D eigenvalue weighted by molar-refractivity contribution is -0.127. The van der Waals surface area contributed by atoms with Crippen molar-refractivity contribution in [1.82, 2.24) is 9.97 Å². The van der Waals surface area contributed by atoms with E-state index < -0.39 is 12.6 Å². The summed E-state index contributed by atoms with van der Waals surface area (Å²) in [5, 5.41) is 2.68. The molecule has 1 aromatic heterocycles. The Bertz CT molecular complexity index is 894. The summed E-state index contributed by atoms with van der Waals surface area (Å²) in [6, 6.07) is 12.5. The van der Waals surface area contributed by atoms with Crippen LogP contribution in [-0.4, -0.2) is 22.1 Å². The number of carbonyl (C=O) groups excluding carboxylic acids is 1. The van der Waals surface area contributed by atoms with Gasteiger partial charge in [0.1, 0.15) is 6.33 Å². The van der Waals surface area contributed by atoms with Crippen molar-refractivity contribution >= 4 is 11.6 Å². The van der Waals surface area contributed by atoms with E-state index in [9.17, 15) is 18.0 Å². The molecule has 0 unspecified atom stereocenters. The van der Waals surface area contributed by atoms with E-state index >= 15 is 0 Å². The van der Waals surface area contributed by atoms with Crippen LogP contribution >= 0.6 is 0 Å². The number of alkyl halides is 3. The van der Waals surface area contributed by atoms with Crippen molar-refractivity contribution in [2.24, 2.45) is 0 Å². The van der Waals surface area contributed by atoms with Crippen LogP contribution < -0.4 is 5.32 Å². The topological polar surface area (TPSA) is 54.9 Å². The number of hydrogen-bond acceptors (Lipinski definition) is 3. The normalized spacial score (nSPS) is 11.2. The number of hydrogen-bond donors (Lipinski definition) is 1. The zero-order valence-corrected chi connectivity index (χ0v) is 13.5. The Morgan fingerprint density at radius 1 is 0.962 bits per heavy atom. The number of anilines is 1. The molecule has 7 heteroatoms. The maximum atomic E-state index is 12.4. The van der Waals surface area contributed by atoms with Crippen molar-refractivity contribution < 1.29 is 18.0 Å². The summed E-state index contributed by atoms with van der Waals surface area (Å²) in [6.07, 6.45) is -0.552. The molecule has 1 heterocycles. The van der Waals surface area contributed by atoms with Crippen LogP contribution in [0.4, 0.5) is 18.9 Å². The van der Waals surface area contributed by atoms with Gasteiger partial charge >= 0.3 is 6.18 Å². The van der Waals surface area contributed by atoms with E-state index in [4.69, 9.17) is 0 Å². The first-order chi connectivity index (χ1) is 12.4. The van der Waals surface area contributed by atoms with Gasteiger partial charge in [-0.1, -0.05) is 24.3 Å². The van der Waals surface area contributed by atoms with E-state index in [0.717, 1.165) is 11.1 Å². The number of nitrogens with zero attached hydrogens (tertiary/aromatic N) is 2. The summed E-state index contributed by atoms with van der Waals surface area (Å²) in [6.45, 7) is 0. The lowest BCUT2D eigenvalue weighted by atomic mass is 10.1. The smallest absolute Gasteiger partial charge is 0.322 e. The predicted octanol–water partition coefficient (Wildman–Crippen LogP) is 4.50. The summed E-state index contributed by atoms with van der Waals surface area (Å²) in [5.74, 6) is -0.354. The Morgan fingerprint density at radius 3 is 2.31 bits per heavy atom. The van der Waals surface area contributed by atoms with Gasteiger partial charge in [0.25, 0.3) is 5.91 Å². The molecule has 0 spiro atoms. The lowest BCUT2D eigenvalue weighted by Gasteiger charge is -2.09. The fraction of sp³-hybridized carbons (Fsp3) is 0.105.